The third kappa shape index (κ3) is 8.58. The summed E-state index contributed by atoms with van der Waals surface area (Å²) in [6.45, 7) is 0.917. The molecule has 0 amide bonds. The molecule has 0 spiro atoms. The molecule has 1 unspecified atom stereocenters. The van der Waals surface area contributed by atoms with E-state index in [0.29, 0.717) is 12.2 Å². The number of aliphatic carboxylic acids is 1. The summed E-state index contributed by atoms with van der Waals surface area (Å²) in [5.41, 5.74) is -1.75. The molecule has 0 fully saturated rings. The first-order valence-corrected chi connectivity index (χ1v) is 4.80. The molecular weight excluding hydrogens is 239 g/mol. The molecule has 15 heavy (non-hydrogen) atoms. The zero-order chi connectivity index (χ0) is 11.4. The van der Waals surface area contributed by atoms with Gasteiger partial charge in [0.25, 0.3) is 0 Å². The normalized spacial score (nSPS) is 12.9. The van der Waals surface area contributed by atoms with Crippen LogP contribution in [0.15, 0.2) is 12.2 Å². The van der Waals surface area contributed by atoms with Crippen molar-refractivity contribution in [3.63, 3.8) is 0 Å². The van der Waals surface area contributed by atoms with Gasteiger partial charge in [-0.25, -0.2) is 4.79 Å². The molecule has 0 aliphatic rings. The minimum absolute atomic E-state index is 0. The van der Waals surface area contributed by atoms with Crippen molar-refractivity contribution in [1.82, 2.24) is 0 Å². The Bertz CT molecular complexity index is 358. The number of hydrogen-bond acceptors (Lipinski definition) is 6. The van der Waals surface area contributed by atoms with Gasteiger partial charge in [-0.3, -0.25) is 4.55 Å². The Morgan fingerprint density at radius 1 is 1.40 bits per heavy atom. The van der Waals surface area contributed by atoms with Gasteiger partial charge < -0.3 is 14.6 Å². The third-order valence-corrected chi connectivity index (χ3v) is 1.99. The monoisotopic (exact) mass is 246 g/mol. The quantitative estimate of drug-likeness (QED) is 0.228. The SMILES string of the molecule is CC(OC(=O)/C=C\C(=O)[O-])S(=O)(=O)O.[Na+]. The molecule has 80 valence electrons. The summed E-state index contributed by atoms with van der Waals surface area (Å²) in [7, 11) is -4.48. The van der Waals surface area contributed by atoms with E-state index in [-0.39, 0.29) is 29.6 Å². The van der Waals surface area contributed by atoms with Crippen LogP contribution in [0, 0.1) is 0 Å². The minimum atomic E-state index is -4.48. The fourth-order valence-electron chi connectivity index (χ4n) is 0.400. The maximum atomic E-state index is 10.6. The van der Waals surface area contributed by atoms with Gasteiger partial charge in [-0.2, -0.15) is 8.42 Å². The molecule has 0 rings (SSSR count). The maximum absolute atomic E-state index is 10.6. The van der Waals surface area contributed by atoms with Crippen LogP contribution < -0.4 is 34.7 Å². The van der Waals surface area contributed by atoms with E-state index in [1.54, 1.807) is 0 Å². The van der Waals surface area contributed by atoms with Gasteiger partial charge in [-0.1, -0.05) is 0 Å². The van der Waals surface area contributed by atoms with Crippen molar-refractivity contribution in [2.75, 3.05) is 0 Å². The number of carbonyl (C=O) groups excluding carboxylic acids is 2. The van der Waals surface area contributed by atoms with Gasteiger partial charge in [0.2, 0.25) is 5.44 Å². The first-order chi connectivity index (χ1) is 6.23. The number of esters is 1. The van der Waals surface area contributed by atoms with E-state index in [4.69, 9.17) is 4.55 Å². The van der Waals surface area contributed by atoms with Crippen LogP contribution in [0.2, 0.25) is 0 Å². The summed E-state index contributed by atoms with van der Waals surface area (Å²) in [6, 6.07) is 0. The number of ether oxygens (including phenoxy) is 1. The van der Waals surface area contributed by atoms with Crippen molar-refractivity contribution in [2.24, 2.45) is 0 Å². The summed E-state index contributed by atoms with van der Waals surface area (Å²) >= 11 is 0. The molecule has 0 aromatic rings. The zero-order valence-electron chi connectivity index (χ0n) is 8.04. The van der Waals surface area contributed by atoms with E-state index in [1.807, 2.05) is 0 Å². The molecule has 0 aliphatic heterocycles. The molecule has 0 heterocycles. The fourth-order valence-corrected chi connectivity index (χ4v) is 0.616. The van der Waals surface area contributed by atoms with Crippen molar-refractivity contribution in [3.8, 4) is 0 Å². The molecule has 0 aliphatic carbocycles. The molecule has 0 saturated carbocycles. The Labute approximate surface area is 108 Å². The summed E-state index contributed by atoms with van der Waals surface area (Å²) < 4.78 is 33.1. The summed E-state index contributed by atoms with van der Waals surface area (Å²) in [5, 5.41) is 9.81. The van der Waals surface area contributed by atoms with Gasteiger partial charge in [0.15, 0.2) is 0 Å². The predicted molar refractivity (Wildman–Crippen MR) is 41.2 cm³/mol. The van der Waals surface area contributed by atoms with Gasteiger partial charge in [-0.05, 0) is 13.0 Å². The van der Waals surface area contributed by atoms with Crippen LogP contribution in [-0.2, 0) is 24.4 Å². The van der Waals surface area contributed by atoms with Gasteiger partial charge in [0.05, 0.1) is 5.97 Å². The largest absolute Gasteiger partial charge is 1.00 e. The summed E-state index contributed by atoms with van der Waals surface area (Å²) in [6.07, 6.45) is 0.843. The Hall–Kier alpha value is -0.410. The van der Waals surface area contributed by atoms with E-state index >= 15 is 0 Å². The van der Waals surface area contributed by atoms with Crippen LogP contribution in [0.3, 0.4) is 0 Å². The Kier molecular flexibility index (Phi) is 7.89. The van der Waals surface area contributed by atoms with Crippen LogP contribution >= 0.6 is 0 Å². The topological polar surface area (TPSA) is 121 Å². The molecule has 1 atom stereocenters. The summed E-state index contributed by atoms with van der Waals surface area (Å²) in [5.74, 6) is -2.83. The molecule has 0 bridgehead atoms. The zero-order valence-corrected chi connectivity index (χ0v) is 10.9. The van der Waals surface area contributed by atoms with Crippen LogP contribution in [0.4, 0.5) is 0 Å². The Morgan fingerprint density at radius 2 is 1.87 bits per heavy atom. The molecular formula is C6H7NaO7S. The molecule has 1 N–H and O–H groups in total. The summed E-state index contributed by atoms with van der Waals surface area (Å²) in [4.78, 5) is 20.4. The Morgan fingerprint density at radius 3 is 2.20 bits per heavy atom. The van der Waals surface area contributed by atoms with E-state index in [0.717, 1.165) is 6.92 Å². The van der Waals surface area contributed by atoms with Crippen molar-refractivity contribution in [2.45, 2.75) is 12.4 Å². The van der Waals surface area contributed by atoms with Gasteiger partial charge in [0.1, 0.15) is 0 Å². The maximum Gasteiger partial charge on any atom is 1.00 e. The van der Waals surface area contributed by atoms with Crippen molar-refractivity contribution in [1.29, 1.82) is 0 Å². The second kappa shape index (κ2) is 6.96. The smallest absolute Gasteiger partial charge is 0.545 e. The first kappa shape index (κ1) is 17.0. The predicted octanol–water partition coefficient (Wildman–Crippen LogP) is -4.93. The second-order valence-corrected chi connectivity index (χ2v) is 3.87. The van der Waals surface area contributed by atoms with Crippen molar-refractivity contribution < 1.29 is 62.0 Å². The first-order valence-electron chi connectivity index (χ1n) is 3.29. The van der Waals surface area contributed by atoms with E-state index in [2.05, 4.69) is 4.74 Å². The number of carbonyl (C=O) groups is 2. The standard InChI is InChI=1S/C6H8O7S.Na/c1-4(14(10,11)12)13-6(9)3-2-5(7)8;/h2-4H,1H3,(H,7,8)(H,10,11,12);/q;+1/p-1/b3-2-;. The second-order valence-electron chi connectivity index (χ2n) is 2.17. The van der Waals surface area contributed by atoms with E-state index < -0.39 is 27.5 Å². The van der Waals surface area contributed by atoms with Crippen LogP contribution in [-0.4, -0.2) is 30.3 Å². The number of hydrogen-bond donors (Lipinski definition) is 1. The van der Waals surface area contributed by atoms with Crippen molar-refractivity contribution >= 4 is 22.1 Å². The van der Waals surface area contributed by atoms with E-state index in [9.17, 15) is 23.1 Å². The molecule has 0 radical (unpaired) electrons. The molecule has 0 aromatic heterocycles. The fraction of sp³-hybridized carbons (Fsp3) is 0.333. The number of carboxylic acids is 1. The Balaban J connectivity index is 0. The third-order valence-electron chi connectivity index (χ3n) is 1.06. The van der Waals surface area contributed by atoms with Gasteiger partial charge >= 0.3 is 45.6 Å². The minimum Gasteiger partial charge on any atom is -0.545 e. The molecule has 0 aromatic carbocycles. The average Bonchev–Trinajstić information content (AvgIpc) is 1.99. The van der Waals surface area contributed by atoms with E-state index in [1.165, 1.54) is 0 Å². The van der Waals surface area contributed by atoms with Crippen molar-refractivity contribution in [3.05, 3.63) is 12.2 Å². The molecule has 7 nitrogen and oxygen atoms in total. The van der Waals surface area contributed by atoms with Gasteiger partial charge in [-0.15, -0.1) is 0 Å². The molecule has 0 saturated heterocycles. The number of rotatable bonds is 4. The molecule has 9 heteroatoms. The van der Waals surface area contributed by atoms with Crippen LogP contribution in [0.1, 0.15) is 6.92 Å². The average molecular weight is 246 g/mol. The van der Waals surface area contributed by atoms with Crippen LogP contribution in [0.5, 0.6) is 0 Å². The number of carboxylic acid groups (broad SMARTS) is 1. The van der Waals surface area contributed by atoms with Gasteiger partial charge in [0, 0.05) is 6.08 Å². The van der Waals surface area contributed by atoms with Crippen LogP contribution in [0.25, 0.3) is 0 Å².